The fraction of sp³-hybridized carbons (Fsp3) is 0.200. The predicted molar refractivity (Wildman–Crippen MR) is 83.1 cm³/mol. The van der Waals surface area contributed by atoms with E-state index in [0.29, 0.717) is 0 Å². The van der Waals surface area contributed by atoms with Gasteiger partial charge in [-0.15, -0.1) is 11.6 Å². The molecule has 1 unspecified atom stereocenters. The van der Waals surface area contributed by atoms with Crippen molar-refractivity contribution < 1.29 is 14.3 Å². The minimum Gasteiger partial charge on any atom is -0.445 e. The molecule has 6 nitrogen and oxygen atoms in total. The number of benzene rings is 1. The number of rotatable bonds is 6. The molecule has 0 bridgehead atoms. The number of aromatic nitrogens is 1. The summed E-state index contributed by atoms with van der Waals surface area (Å²) in [7, 11) is 0. The highest BCUT2D eigenvalue weighted by Crippen LogP contribution is 2.01. The Labute approximate surface area is 133 Å². The van der Waals surface area contributed by atoms with Crippen LogP contribution in [0.2, 0.25) is 0 Å². The highest BCUT2D eigenvalue weighted by atomic mass is 35.5. The third-order valence-electron chi connectivity index (χ3n) is 2.82. The molecular formula is C15H16ClN3O3. The van der Waals surface area contributed by atoms with Gasteiger partial charge in [-0.2, -0.15) is 0 Å². The lowest BCUT2D eigenvalue weighted by Crippen LogP contribution is -2.46. The summed E-state index contributed by atoms with van der Waals surface area (Å²) in [6.45, 7) is 0.126. The molecule has 116 valence electrons. The first-order chi connectivity index (χ1) is 10.7. The summed E-state index contributed by atoms with van der Waals surface area (Å²) in [6.07, 6.45) is 2.63. The average Bonchev–Trinajstić information content (AvgIpc) is 3.04. The van der Waals surface area contributed by atoms with Crippen molar-refractivity contribution in [1.29, 1.82) is 0 Å². The number of nitrogens with one attached hydrogen (secondary N) is 2. The summed E-state index contributed by atoms with van der Waals surface area (Å²) in [5.41, 5.74) is 3.43. The van der Waals surface area contributed by atoms with Crippen molar-refractivity contribution in [2.24, 2.45) is 0 Å². The molecule has 7 heteroatoms. The molecule has 1 aromatic carbocycles. The van der Waals surface area contributed by atoms with Crippen molar-refractivity contribution in [3.8, 4) is 0 Å². The zero-order valence-corrected chi connectivity index (χ0v) is 12.5. The zero-order valence-electron chi connectivity index (χ0n) is 11.7. The highest BCUT2D eigenvalue weighted by molar-refractivity contribution is 6.20. The van der Waals surface area contributed by atoms with Gasteiger partial charge >= 0.3 is 6.09 Å². The maximum atomic E-state index is 12.0. The number of ether oxygens (including phenoxy) is 1. The third-order valence-corrected chi connectivity index (χ3v) is 3.13. The summed E-state index contributed by atoms with van der Waals surface area (Å²) < 4.78 is 6.52. The van der Waals surface area contributed by atoms with Crippen molar-refractivity contribution in [3.05, 3.63) is 60.4 Å². The molecule has 2 aromatic rings. The van der Waals surface area contributed by atoms with E-state index in [2.05, 4.69) is 10.7 Å². The lowest BCUT2D eigenvalue weighted by Gasteiger charge is -2.16. The number of nitrogens with zero attached hydrogens (tertiary/aromatic N) is 1. The van der Waals surface area contributed by atoms with E-state index in [1.165, 1.54) is 4.68 Å². The van der Waals surface area contributed by atoms with Gasteiger partial charge in [0.25, 0.3) is 5.91 Å². The molecule has 0 spiro atoms. The van der Waals surface area contributed by atoms with E-state index in [-0.39, 0.29) is 12.5 Å². The summed E-state index contributed by atoms with van der Waals surface area (Å²) in [5.74, 6) is -0.490. The fourth-order valence-corrected chi connectivity index (χ4v) is 1.91. The van der Waals surface area contributed by atoms with Gasteiger partial charge in [-0.05, 0) is 17.7 Å². The van der Waals surface area contributed by atoms with Gasteiger partial charge in [-0.3, -0.25) is 14.9 Å². The van der Waals surface area contributed by atoms with Crippen molar-refractivity contribution in [2.75, 3.05) is 11.3 Å². The van der Waals surface area contributed by atoms with E-state index in [0.717, 1.165) is 5.56 Å². The third kappa shape index (κ3) is 4.82. The predicted octanol–water partition coefficient (Wildman–Crippen LogP) is 2.09. The molecule has 2 rings (SSSR count). The maximum absolute atomic E-state index is 12.0. The topological polar surface area (TPSA) is 72.4 Å². The quantitative estimate of drug-likeness (QED) is 0.800. The molecule has 1 aromatic heterocycles. The molecule has 1 atom stereocenters. The van der Waals surface area contributed by atoms with Crippen molar-refractivity contribution in [1.82, 2.24) is 9.99 Å². The normalized spacial score (nSPS) is 11.5. The van der Waals surface area contributed by atoms with E-state index in [1.54, 1.807) is 24.5 Å². The Hall–Kier alpha value is -2.47. The van der Waals surface area contributed by atoms with Crippen LogP contribution in [0.1, 0.15) is 5.56 Å². The zero-order chi connectivity index (χ0) is 15.8. The molecule has 0 fully saturated rings. The number of amides is 2. The van der Waals surface area contributed by atoms with E-state index in [9.17, 15) is 9.59 Å². The molecule has 0 radical (unpaired) electrons. The largest absolute Gasteiger partial charge is 0.445 e. The summed E-state index contributed by atoms with van der Waals surface area (Å²) >= 11 is 5.72. The van der Waals surface area contributed by atoms with E-state index < -0.39 is 18.0 Å². The number of hydrogen-bond acceptors (Lipinski definition) is 3. The van der Waals surface area contributed by atoms with Crippen LogP contribution in [-0.2, 0) is 16.1 Å². The minimum absolute atomic E-state index is 0.0620. The SMILES string of the molecule is O=C(NC(CCl)C(=O)Nn1cccc1)OCc1ccccc1. The molecule has 0 aliphatic carbocycles. The maximum Gasteiger partial charge on any atom is 0.408 e. The molecule has 0 aliphatic heterocycles. The molecule has 1 heterocycles. The second kappa shape index (κ2) is 8.09. The Balaban J connectivity index is 1.81. The average molecular weight is 322 g/mol. The van der Waals surface area contributed by atoms with Crippen LogP contribution in [0.4, 0.5) is 4.79 Å². The Morgan fingerprint density at radius 1 is 1.14 bits per heavy atom. The Morgan fingerprint density at radius 2 is 1.82 bits per heavy atom. The minimum atomic E-state index is -0.882. The number of alkyl carbamates (subject to hydrolysis) is 1. The van der Waals surface area contributed by atoms with Crippen molar-refractivity contribution in [3.63, 3.8) is 0 Å². The van der Waals surface area contributed by atoms with Gasteiger partial charge in [0.05, 0.1) is 5.88 Å². The summed E-state index contributed by atoms with van der Waals surface area (Å²) in [6, 6.07) is 11.9. The van der Waals surface area contributed by atoms with Gasteiger partial charge in [0.15, 0.2) is 0 Å². The van der Waals surface area contributed by atoms with Gasteiger partial charge in [-0.25, -0.2) is 4.79 Å². The second-order valence-electron chi connectivity index (χ2n) is 4.48. The van der Waals surface area contributed by atoms with Crippen LogP contribution in [0, 0.1) is 0 Å². The number of hydrogen-bond donors (Lipinski definition) is 2. The molecular weight excluding hydrogens is 306 g/mol. The van der Waals surface area contributed by atoms with E-state index >= 15 is 0 Å². The fourth-order valence-electron chi connectivity index (χ4n) is 1.70. The van der Waals surface area contributed by atoms with Gasteiger partial charge < -0.3 is 10.1 Å². The molecule has 2 amide bonds. The first-order valence-electron chi connectivity index (χ1n) is 6.66. The van der Waals surface area contributed by atoms with Crippen LogP contribution in [0.25, 0.3) is 0 Å². The molecule has 0 saturated heterocycles. The highest BCUT2D eigenvalue weighted by Gasteiger charge is 2.20. The van der Waals surface area contributed by atoms with Crippen LogP contribution >= 0.6 is 11.6 Å². The van der Waals surface area contributed by atoms with Gasteiger partial charge in [0.2, 0.25) is 0 Å². The monoisotopic (exact) mass is 321 g/mol. The van der Waals surface area contributed by atoms with E-state index in [4.69, 9.17) is 16.3 Å². The number of alkyl halides is 1. The lowest BCUT2D eigenvalue weighted by atomic mass is 10.2. The Bertz CT molecular complexity index is 602. The van der Waals surface area contributed by atoms with Crippen LogP contribution in [0.5, 0.6) is 0 Å². The van der Waals surface area contributed by atoms with Gasteiger partial charge in [0, 0.05) is 12.4 Å². The van der Waals surface area contributed by atoms with Crippen molar-refractivity contribution in [2.45, 2.75) is 12.6 Å². The standard InChI is InChI=1S/C15H16ClN3O3/c16-10-13(14(20)18-19-8-4-5-9-19)17-15(21)22-11-12-6-2-1-3-7-12/h1-9,13H,10-11H2,(H,17,21)(H,18,20). The Morgan fingerprint density at radius 3 is 2.45 bits per heavy atom. The number of carbonyl (C=O) groups is 2. The van der Waals surface area contributed by atoms with Crippen LogP contribution in [0.3, 0.4) is 0 Å². The molecule has 0 aliphatic rings. The first-order valence-corrected chi connectivity index (χ1v) is 7.19. The van der Waals surface area contributed by atoms with Gasteiger partial charge in [0.1, 0.15) is 12.6 Å². The van der Waals surface area contributed by atoms with Gasteiger partial charge in [-0.1, -0.05) is 30.3 Å². The Kier molecular flexibility index (Phi) is 5.85. The number of halogens is 1. The van der Waals surface area contributed by atoms with Crippen LogP contribution in [0.15, 0.2) is 54.9 Å². The molecule has 2 N–H and O–H groups in total. The summed E-state index contributed by atoms with van der Waals surface area (Å²) in [5, 5.41) is 2.43. The molecule has 22 heavy (non-hydrogen) atoms. The lowest BCUT2D eigenvalue weighted by molar-refractivity contribution is -0.118. The number of carbonyl (C=O) groups excluding carboxylic acids is 2. The second-order valence-corrected chi connectivity index (χ2v) is 4.79. The van der Waals surface area contributed by atoms with E-state index in [1.807, 2.05) is 30.3 Å². The summed E-state index contributed by atoms with van der Waals surface area (Å²) in [4.78, 5) is 23.7. The van der Waals surface area contributed by atoms with Crippen LogP contribution < -0.4 is 10.7 Å². The first kappa shape index (κ1) is 15.9. The van der Waals surface area contributed by atoms with Crippen molar-refractivity contribution >= 4 is 23.6 Å². The molecule has 0 saturated carbocycles. The van der Waals surface area contributed by atoms with Crippen LogP contribution in [-0.4, -0.2) is 28.6 Å². The smallest absolute Gasteiger partial charge is 0.408 e.